The Bertz CT molecular complexity index is 219. The zero-order chi connectivity index (χ0) is 8.93. The van der Waals surface area contributed by atoms with E-state index in [-0.39, 0.29) is 0 Å². The smallest absolute Gasteiger partial charge is 0.00103 e. The van der Waals surface area contributed by atoms with Crippen molar-refractivity contribution in [1.82, 2.24) is 0 Å². The van der Waals surface area contributed by atoms with E-state index in [0.29, 0.717) is 0 Å². The Morgan fingerprint density at radius 1 is 0.692 bits per heavy atom. The number of hydrogen-bond donors (Lipinski definition) is 0. The highest BCUT2D eigenvalue weighted by Crippen LogP contribution is 2.25. The second-order valence-corrected chi connectivity index (χ2v) is 4.84. The molecule has 0 spiro atoms. The summed E-state index contributed by atoms with van der Waals surface area (Å²) >= 11 is 0. The van der Waals surface area contributed by atoms with E-state index in [4.69, 9.17) is 0 Å². The maximum Gasteiger partial charge on any atom is -0.00103 e. The van der Waals surface area contributed by atoms with Gasteiger partial charge in [0.2, 0.25) is 0 Å². The van der Waals surface area contributed by atoms with Crippen molar-refractivity contribution >= 4 is 8.58 Å². The van der Waals surface area contributed by atoms with E-state index in [1.165, 1.54) is 12.3 Å². The molecule has 68 valence electrons. The molecule has 0 aliphatic heterocycles. The highest BCUT2D eigenvalue weighted by molar-refractivity contribution is 7.38. The van der Waals surface area contributed by atoms with Crippen LogP contribution in [0, 0.1) is 11.8 Å². The van der Waals surface area contributed by atoms with Crippen molar-refractivity contribution in [3.63, 3.8) is 0 Å². The Labute approximate surface area is 81.9 Å². The third kappa shape index (κ3) is 2.67. The summed E-state index contributed by atoms with van der Waals surface area (Å²) in [5, 5.41) is 0. The molecule has 0 aromatic heterocycles. The fraction of sp³-hybridized carbons (Fsp3) is 0.333. The minimum Gasteiger partial charge on any atom is -0.120 e. The highest BCUT2D eigenvalue weighted by atomic mass is 31.1. The molecule has 0 saturated carbocycles. The molecule has 2 rings (SSSR count). The molecule has 0 nitrogen and oxygen atoms in total. The van der Waals surface area contributed by atoms with Crippen molar-refractivity contribution in [2.24, 2.45) is 11.8 Å². The third-order valence-corrected chi connectivity index (χ3v) is 3.94. The summed E-state index contributed by atoms with van der Waals surface area (Å²) in [6.07, 6.45) is 20.5. The molecule has 0 atom stereocenters. The highest BCUT2D eigenvalue weighted by Gasteiger charge is 2.06. The van der Waals surface area contributed by atoms with Crippen molar-refractivity contribution in [2.75, 3.05) is 12.3 Å². The van der Waals surface area contributed by atoms with E-state index in [9.17, 15) is 0 Å². The summed E-state index contributed by atoms with van der Waals surface area (Å²) in [5.74, 6) is 1.46. The molecule has 0 bridgehead atoms. The molecule has 0 unspecified atom stereocenters. The normalized spacial score (nSPS) is 20.9. The van der Waals surface area contributed by atoms with Crippen molar-refractivity contribution in [3.8, 4) is 0 Å². The number of allylic oxidation sites excluding steroid dienone is 8. The lowest BCUT2D eigenvalue weighted by atomic mass is 10.2. The molecule has 0 heterocycles. The van der Waals surface area contributed by atoms with E-state index in [1.54, 1.807) is 0 Å². The van der Waals surface area contributed by atoms with Gasteiger partial charge in [-0.3, -0.25) is 0 Å². The summed E-state index contributed by atoms with van der Waals surface area (Å²) in [5.41, 5.74) is 0. The Morgan fingerprint density at radius 3 is 1.46 bits per heavy atom. The number of hydrogen-bond acceptors (Lipinski definition) is 0. The van der Waals surface area contributed by atoms with Gasteiger partial charge in [-0.25, -0.2) is 0 Å². The first kappa shape index (κ1) is 8.97. The van der Waals surface area contributed by atoms with Gasteiger partial charge in [-0.15, -0.1) is 8.58 Å². The van der Waals surface area contributed by atoms with E-state index < -0.39 is 0 Å². The summed E-state index contributed by atoms with van der Waals surface area (Å²) < 4.78 is 0. The summed E-state index contributed by atoms with van der Waals surface area (Å²) in [4.78, 5) is 0. The maximum atomic E-state index is 2.30. The van der Waals surface area contributed by atoms with Gasteiger partial charge >= 0.3 is 0 Å². The lowest BCUT2D eigenvalue weighted by Crippen LogP contribution is -1.97. The van der Waals surface area contributed by atoms with Crippen LogP contribution in [0.2, 0.25) is 0 Å². The van der Waals surface area contributed by atoms with E-state index in [0.717, 1.165) is 20.4 Å². The standard InChI is InChI=1S/C12H15P/c1-2-6-11(5-1)9-13-10-12-7-3-4-8-12/h1-8,11-13H,9-10H2. The molecule has 0 amide bonds. The first-order valence-electron chi connectivity index (χ1n) is 4.86. The van der Waals surface area contributed by atoms with Crippen molar-refractivity contribution in [2.45, 2.75) is 0 Å². The van der Waals surface area contributed by atoms with Gasteiger partial charge in [0.05, 0.1) is 0 Å². The largest absolute Gasteiger partial charge is 0.120 e. The zero-order valence-corrected chi connectivity index (χ0v) is 8.69. The Hall–Kier alpha value is -0.610. The van der Waals surface area contributed by atoms with Crippen LogP contribution in [0.5, 0.6) is 0 Å². The maximum absolute atomic E-state index is 2.30. The fourth-order valence-corrected chi connectivity index (χ4v) is 3.02. The lowest BCUT2D eigenvalue weighted by Gasteiger charge is -2.07. The second kappa shape index (κ2) is 4.58. The predicted molar refractivity (Wildman–Crippen MR) is 61.6 cm³/mol. The molecular weight excluding hydrogens is 175 g/mol. The quantitative estimate of drug-likeness (QED) is 0.597. The first-order chi connectivity index (χ1) is 6.45. The molecule has 0 fully saturated rings. The molecule has 2 aliphatic rings. The minimum absolute atomic E-state index is 0.729. The molecule has 13 heavy (non-hydrogen) atoms. The molecule has 0 N–H and O–H groups in total. The van der Waals surface area contributed by atoms with Crippen LogP contribution in [0.25, 0.3) is 0 Å². The van der Waals surface area contributed by atoms with Crippen LogP contribution in [0.4, 0.5) is 0 Å². The molecule has 2 aliphatic carbocycles. The molecule has 1 heteroatoms. The average molecular weight is 190 g/mol. The molecular formula is C12H15P. The van der Waals surface area contributed by atoms with Gasteiger partial charge in [-0.2, -0.15) is 0 Å². The van der Waals surface area contributed by atoms with Crippen LogP contribution in [-0.2, 0) is 0 Å². The molecule has 0 aromatic carbocycles. The average Bonchev–Trinajstić information content (AvgIpc) is 2.75. The third-order valence-electron chi connectivity index (χ3n) is 2.42. The Kier molecular flexibility index (Phi) is 3.16. The lowest BCUT2D eigenvalue weighted by molar-refractivity contribution is 0.938. The van der Waals surface area contributed by atoms with Crippen LogP contribution in [0.3, 0.4) is 0 Å². The number of rotatable bonds is 4. The Balaban J connectivity index is 1.63. The van der Waals surface area contributed by atoms with E-state index in [2.05, 4.69) is 48.6 Å². The minimum atomic E-state index is 0.729. The van der Waals surface area contributed by atoms with Gasteiger partial charge < -0.3 is 0 Å². The van der Waals surface area contributed by atoms with E-state index in [1.807, 2.05) is 0 Å². The van der Waals surface area contributed by atoms with Gasteiger partial charge in [-0.05, 0) is 24.2 Å². The van der Waals surface area contributed by atoms with Gasteiger partial charge in [0.15, 0.2) is 0 Å². The summed E-state index contributed by atoms with van der Waals surface area (Å²) in [7, 11) is 1.10. The van der Waals surface area contributed by atoms with Crippen LogP contribution < -0.4 is 0 Å². The van der Waals surface area contributed by atoms with Crippen molar-refractivity contribution in [3.05, 3.63) is 48.6 Å². The molecule has 0 radical (unpaired) electrons. The first-order valence-corrected chi connectivity index (χ1v) is 6.27. The monoisotopic (exact) mass is 190 g/mol. The van der Waals surface area contributed by atoms with Crippen LogP contribution in [0.15, 0.2) is 48.6 Å². The van der Waals surface area contributed by atoms with Gasteiger partial charge in [-0.1, -0.05) is 48.6 Å². The molecule has 0 aromatic rings. The zero-order valence-electron chi connectivity index (χ0n) is 7.69. The Morgan fingerprint density at radius 2 is 1.08 bits per heavy atom. The van der Waals surface area contributed by atoms with Gasteiger partial charge in [0, 0.05) is 0 Å². The summed E-state index contributed by atoms with van der Waals surface area (Å²) in [6, 6.07) is 0. The van der Waals surface area contributed by atoms with Crippen molar-refractivity contribution in [1.29, 1.82) is 0 Å². The molecule has 0 saturated heterocycles. The predicted octanol–water partition coefficient (Wildman–Crippen LogP) is 3.15. The van der Waals surface area contributed by atoms with Crippen LogP contribution >= 0.6 is 8.58 Å². The summed E-state index contributed by atoms with van der Waals surface area (Å²) in [6.45, 7) is 0. The van der Waals surface area contributed by atoms with Crippen LogP contribution in [0.1, 0.15) is 0 Å². The SMILES string of the molecule is C1=CC(CPCC2C=CC=C2)C=C1. The fourth-order valence-electron chi connectivity index (χ4n) is 1.64. The topological polar surface area (TPSA) is 0 Å². The van der Waals surface area contributed by atoms with E-state index >= 15 is 0 Å². The van der Waals surface area contributed by atoms with Gasteiger partial charge in [0.1, 0.15) is 0 Å². The second-order valence-electron chi connectivity index (χ2n) is 3.53. The van der Waals surface area contributed by atoms with Gasteiger partial charge in [0.25, 0.3) is 0 Å². The van der Waals surface area contributed by atoms with Crippen LogP contribution in [-0.4, -0.2) is 12.3 Å². The van der Waals surface area contributed by atoms with Crippen molar-refractivity contribution < 1.29 is 0 Å².